The Morgan fingerprint density at radius 2 is 2.18 bits per heavy atom. The van der Waals surface area contributed by atoms with Crippen LogP contribution in [-0.4, -0.2) is 71.4 Å². The third kappa shape index (κ3) is 4.39. The van der Waals surface area contributed by atoms with Crippen LogP contribution in [0.25, 0.3) is 10.6 Å². The lowest BCUT2D eigenvalue weighted by atomic mass is 9.98. The number of hydrogen-bond donors (Lipinski definition) is 1. The SMILES string of the molecule is CN1CCC(CNC(=O)C2CN(C(=O)Cc3csc(-c4cccnc4)n3)C2)C1. The summed E-state index contributed by atoms with van der Waals surface area (Å²) in [5.41, 5.74) is 1.73. The van der Waals surface area contributed by atoms with Crippen molar-refractivity contribution >= 4 is 23.2 Å². The summed E-state index contributed by atoms with van der Waals surface area (Å²) in [4.78, 5) is 37.4. The van der Waals surface area contributed by atoms with Crippen molar-refractivity contribution in [2.45, 2.75) is 12.8 Å². The van der Waals surface area contributed by atoms with E-state index in [0.29, 0.717) is 19.0 Å². The standard InChI is InChI=1S/C20H25N5O2S/c1-24-6-4-14(10-24)8-22-19(27)16-11-25(12-16)18(26)7-17-13-28-20(23-17)15-3-2-5-21-9-15/h2-3,5,9,13-14,16H,4,6-8,10-12H2,1H3,(H,22,27). The van der Waals surface area contributed by atoms with E-state index in [0.717, 1.165) is 42.3 Å². The number of aromatic nitrogens is 2. The normalized spacial score (nSPS) is 20.2. The van der Waals surface area contributed by atoms with E-state index in [2.05, 4.69) is 27.2 Å². The molecule has 2 aromatic rings. The van der Waals surface area contributed by atoms with Crippen molar-refractivity contribution in [2.24, 2.45) is 11.8 Å². The van der Waals surface area contributed by atoms with Crippen molar-refractivity contribution < 1.29 is 9.59 Å². The van der Waals surface area contributed by atoms with Crippen LogP contribution in [0.4, 0.5) is 0 Å². The first-order valence-electron chi connectivity index (χ1n) is 9.67. The van der Waals surface area contributed by atoms with Crippen LogP contribution in [0, 0.1) is 11.8 Å². The van der Waals surface area contributed by atoms with Gasteiger partial charge in [-0.3, -0.25) is 14.6 Å². The van der Waals surface area contributed by atoms with Crippen LogP contribution in [0.5, 0.6) is 0 Å². The van der Waals surface area contributed by atoms with E-state index in [1.807, 2.05) is 17.5 Å². The van der Waals surface area contributed by atoms with E-state index >= 15 is 0 Å². The average Bonchev–Trinajstić information content (AvgIpc) is 3.28. The number of amides is 2. The zero-order valence-electron chi connectivity index (χ0n) is 16.0. The molecule has 2 amide bonds. The highest BCUT2D eigenvalue weighted by molar-refractivity contribution is 7.13. The van der Waals surface area contributed by atoms with Gasteiger partial charge in [-0.25, -0.2) is 4.98 Å². The molecular weight excluding hydrogens is 374 g/mol. The Kier molecular flexibility index (Phi) is 5.68. The molecule has 0 spiro atoms. The summed E-state index contributed by atoms with van der Waals surface area (Å²) in [5.74, 6) is 0.575. The maximum absolute atomic E-state index is 12.5. The van der Waals surface area contributed by atoms with E-state index in [9.17, 15) is 9.59 Å². The first-order valence-corrected chi connectivity index (χ1v) is 10.6. The molecule has 1 atom stereocenters. The van der Waals surface area contributed by atoms with Gasteiger partial charge in [0.15, 0.2) is 0 Å². The van der Waals surface area contributed by atoms with E-state index < -0.39 is 0 Å². The molecule has 0 radical (unpaired) electrons. The first-order chi connectivity index (χ1) is 13.6. The number of carbonyl (C=O) groups is 2. The maximum Gasteiger partial charge on any atom is 0.228 e. The number of nitrogens with one attached hydrogen (secondary N) is 1. The molecule has 148 valence electrons. The molecule has 8 heteroatoms. The molecule has 0 aromatic carbocycles. The summed E-state index contributed by atoms with van der Waals surface area (Å²) >= 11 is 1.52. The van der Waals surface area contributed by atoms with Crippen LogP contribution in [0.3, 0.4) is 0 Å². The van der Waals surface area contributed by atoms with Crippen LogP contribution in [0.1, 0.15) is 12.1 Å². The summed E-state index contributed by atoms with van der Waals surface area (Å²) in [7, 11) is 2.11. The van der Waals surface area contributed by atoms with E-state index in [-0.39, 0.29) is 24.2 Å². The minimum atomic E-state index is -0.0792. The molecule has 7 nitrogen and oxygen atoms in total. The minimum Gasteiger partial charge on any atom is -0.355 e. The van der Waals surface area contributed by atoms with Crippen LogP contribution in [-0.2, 0) is 16.0 Å². The number of likely N-dealkylation sites (tertiary alicyclic amines) is 2. The van der Waals surface area contributed by atoms with Crippen LogP contribution >= 0.6 is 11.3 Å². The Bertz CT molecular complexity index is 834. The molecule has 1 N–H and O–H groups in total. The second-order valence-electron chi connectivity index (χ2n) is 7.72. The third-order valence-corrected chi connectivity index (χ3v) is 6.39. The van der Waals surface area contributed by atoms with Gasteiger partial charge >= 0.3 is 0 Å². The number of pyridine rings is 1. The van der Waals surface area contributed by atoms with Crippen molar-refractivity contribution in [1.82, 2.24) is 25.1 Å². The van der Waals surface area contributed by atoms with Gasteiger partial charge in [0.25, 0.3) is 0 Å². The topological polar surface area (TPSA) is 78.4 Å². The summed E-state index contributed by atoms with van der Waals surface area (Å²) in [5, 5.41) is 5.85. The fraction of sp³-hybridized carbons (Fsp3) is 0.500. The largest absolute Gasteiger partial charge is 0.355 e. The number of carbonyl (C=O) groups excluding carboxylic acids is 2. The Balaban J connectivity index is 1.21. The van der Waals surface area contributed by atoms with Gasteiger partial charge in [-0.15, -0.1) is 11.3 Å². The minimum absolute atomic E-state index is 0.0319. The Morgan fingerprint density at radius 3 is 2.89 bits per heavy atom. The molecule has 2 saturated heterocycles. The summed E-state index contributed by atoms with van der Waals surface area (Å²) < 4.78 is 0. The van der Waals surface area contributed by atoms with E-state index in [4.69, 9.17) is 0 Å². The van der Waals surface area contributed by atoms with Crippen molar-refractivity contribution in [2.75, 3.05) is 39.8 Å². The van der Waals surface area contributed by atoms with Gasteiger partial charge in [0, 0.05) is 49.5 Å². The predicted molar refractivity (Wildman–Crippen MR) is 108 cm³/mol. The third-order valence-electron chi connectivity index (χ3n) is 5.45. The number of nitrogens with zero attached hydrogens (tertiary/aromatic N) is 4. The molecule has 2 fully saturated rings. The van der Waals surface area contributed by atoms with Gasteiger partial charge in [-0.2, -0.15) is 0 Å². The van der Waals surface area contributed by atoms with E-state index in [1.54, 1.807) is 17.3 Å². The van der Waals surface area contributed by atoms with Gasteiger partial charge in [0.2, 0.25) is 11.8 Å². The quantitative estimate of drug-likeness (QED) is 0.792. The average molecular weight is 400 g/mol. The molecule has 4 heterocycles. The highest BCUT2D eigenvalue weighted by Gasteiger charge is 2.36. The Hall–Kier alpha value is -2.32. The van der Waals surface area contributed by atoms with Gasteiger partial charge < -0.3 is 15.1 Å². The monoisotopic (exact) mass is 399 g/mol. The lowest BCUT2D eigenvalue weighted by molar-refractivity contribution is -0.142. The summed E-state index contributed by atoms with van der Waals surface area (Å²) in [6, 6.07) is 3.83. The van der Waals surface area contributed by atoms with Crippen LogP contribution in [0.15, 0.2) is 29.9 Å². The molecule has 2 aliphatic rings. The molecular formula is C20H25N5O2S. The van der Waals surface area contributed by atoms with Crippen LogP contribution in [0.2, 0.25) is 0 Å². The summed E-state index contributed by atoms with van der Waals surface area (Å²) in [6.07, 6.45) is 4.91. The van der Waals surface area contributed by atoms with Crippen molar-refractivity contribution in [3.05, 3.63) is 35.6 Å². The van der Waals surface area contributed by atoms with Crippen LogP contribution < -0.4 is 5.32 Å². The highest BCUT2D eigenvalue weighted by Crippen LogP contribution is 2.24. The summed E-state index contributed by atoms with van der Waals surface area (Å²) in [6.45, 7) is 3.91. The van der Waals surface area contributed by atoms with Gasteiger partial charge in [-0.05, 0) is 38.1 Å². The molecule has 0 aliphatic carbocycles. The maximum atomic E-state index is 12.5. The molecule has 28 heavy (non-hydrogen) atoms. The molecule has 2 aliphatic heterocycles. The fourth-order valence-corrected chi connectivity index (χ4v) is 4.52. The number of hydrogen-bond acceptors (Lipinski definition) is 6. The van der Waals surface area contributed by atoms with Crippen molar-refractivity contribution in [3.63, 3.8) is 0 Å². The van der Waals surface area contributed by atoms with Crippen molar-refractivity contribution in [3.8, 4) is 10.6 Å². The molecule has 0 saturated carbocycles. The second kappa shape index (κ2) is 8.36. The van der Waals surface area contributed by atoms with E-state index in [1.165, 1.54) is 11.3 Å². The second-order valence-corrected chi connectivity index (χ2v) is 8.58. The Morgan fingerprint density at radius 1 is 1.32 bits per heavy atom. The number of thiazole rings is 1. The van der Waals surface area contributed by atoms with Gasteiger partial charge in [0.05, 0.1) is 18.0 Å². The molecule has 1 unspecified atom stereocenters. The lowest BCUT2D eigenvalue weighted by Crippen LogP contribution is -2.56. The number of rotatable bonds is 6. The highest BCUT2D eigenvalue weighted by atomic mass is 32.1. The van der Waals surface area contributed by atoms with Gasteiger partial charge in [0.1, 0.15) is 5.01 Å². The lowest BCUT2D eigenvalue weighted by Gasteiger charge is -2.38. The molecule has 0 bridgehead atoms. The smallest absolute Gasteiger partial charge is 0.228 e. The molecule has 2 aromatic heterocycles. The van der Waals surface area contributed by atoms with Gasteiger partial charge in [-0.1, -0.05) is 0 Å². The van der Waals surface area contributed by atoms with Crippen molar-refractivity contribution in [1.29, 1.82) is 0 Å². The predicted octanol–water partition coefficient (Wildman–Crippen LogP) is 1.27. The zero-order valence-corrected chi connectivity index (χ0v) is 16.8. The zero-order chi connectivity index (χ0) is 19.5. The first kappa shape index (κ1) is 19.0. The fourth-order valence-electron chi connectivity index (χ4n) is 3.71. The molecule has 4 rings (SSSR count). The Labute approximate surface area is 168 Å².